The first kappa shape index (κ1) is 13.3. The smallest absolute Gasteiger partial charge is 0.212 e. The van der Waals surface area contributed by atoms with Crippen LogP contribution in [0.1, 0.15) is 16.9 Å². The predicted octanol–water partition coefficient (Wildman–Crippen LogP) is 2.91. The molecule has 7 heteroatoms. The van der Waals surface area contributed by atoms with Crippen LogP contribution in [0.2, 0.25) is 0 Å². The molecule has 0 fully saturated rings. The fourth-order valence-electron chi connectivity index (χ4n) is 2.25. The predicted molar refractivity (Wildman–Crippen MR) is 84.1 cm³/mol. The molecule has 1 aliphatic heterocycles. The molecule has 3 aromatic rings. The van der Waals surface area contributed by atoms with Crippen LogP contribution in [0.5, 0.6) is 0 Å². The number of aromatic nitrogens is 4. The molecule has 0 amide bonds. The van der Waals surface area contributed by atoms with Crippen molar-refractivity contribution in [3.8, 4) is 11.5 Å². The van der Waals surface area contributed by atoms with E-state index >= 15 is 0 Å². The van der Waals surface area contributed by atoms with Gasteiger partial charge in [-0.05, 0) is 19.4 Å². The van der Waals surface area contributed by atoms with Gasteiger partial charge in [0.05, 0.1) is 5.71 Å². The monoisotopic (exact) mass is 311 g/mol. The Morgan fingerprint density at radius 1 is 1.14 bits per heavy atom. The van der Waals surface area contributed by atoms with Gasteiger partial charge in [0.15, 0.2) is 5.69 Å². The van der Waals surface area contributed by atoms with E-state index in [-0.39, 0.29) is 0 Å². The number of benzene rings is 1. The number of rotatable bonds is 2. The Morgan fingerprint density at radius 2 is 1.95 bits per heavy atom. The van der Waals surface area contributed by atoms with Crippen LogP contribution in [0, 0.1) is 13.8 Å². The summed E-state index contributed by atoms with van der Waals surface area (Å²) < 4.78 is 6.85. The summed E-state index contributed by atoms with van der Waals surface area (Å²) in [5, 5.41) is 17.8. The van der Waals surface area contributed by atoms with Gasteiger partial charge in [0.1, 0.15) is 5.76 Å². The van der Waals surface area contributed by atoms with Crippen LogP contribution in [0.25, 0.3) is 11.5 Å². The first-order valence-corrected chi connectivity index (χ1v) is 7.86. The number of thioether (sulfide) groups is 1. The third-order valence-corrected chi connectivity index (χ3v) is 4.34. The van der Waals surface area contributed by atoms with E-state index in [1.807, 2.05) is 13.0 Å². The zero-order valence-electron chi connectivity index (χ0n) is 12.1. The fourth-order valence-corrected chi connectivity index (χ4v) is 3.08. The molecular formula is C15H13N5OS. The van der Waals surface area contributed by atoms with Gasteiger partial charge in [-0.25, -0.2) is 0 Å². The number of aryl methyl sites for hydroxylation is 2. The third kappa shape index (κ3) is 2.23. The van der Waals surface area contributed by atoms with E-state index < -0.39 is 0 Å². The zero-order chi connectivity index (χ0) is 15.1. The van der Waals surface area contributed by atoms with Crippen LogP contribution >= 0.6 is 11.8 Å². The van der Waals surface area contributed by atoms with E-state index in [1.54, 1.807) is 16.4 Å². The van der Waals surface area contributed by atoms with Crippen molar-refractivity contribution >= 4 is 17.5 Å². The minimum Gasteiger partial charge on any atom is -0.361 e. The maximum absolute atomic E-state index is 5.12. The first-order valence-electron chi connectivity index (χ1n) is 6.87. The highest BCUT2D eigenvalue weighted by atomic mass is 32.2. The highest BCUT2D eigenvalue weighted by Gasteiger charge is 2.22. The molecule has 110 valence electrons. The molecule has 4 rings (SSSR count). The van der Waals surface area contributed by atoms with Gasteiger partial charge in [0.25, 0.3) is 0 Å². The second kappa shape index (κ2) is 5.10. The maximum Gasteiger partial charge on any atom is 0.212 e. The van der Waals surface area contributed by atoms with Crippen molar-refractivity contribution in [3.63, 3.8) is 0 Å². The van der Waals surface area contributed by atoms with E-state index in [1.165, 1.54) is 5.56 Å². The summed E-state index contributed by atoms with van der Waals surface area (Å²) in [7, 11) is 0. The Bertz CT molecular complexity index is 862. The van der Waals surface area contributed by atoms with Crippen molar-refractivity contribution in [2.45, 2.75) is 19.0 Å². The third-order valence-electron chi connectivity index (χ3n) is 3.41. The van der Waals surface area contributed by atoms with Gasteiger partial charge in [-0.1, -0.05) is 46.7 Å². The fraction of sp³-hybridized carbons (Fsp3) is 0.200. The van der Waals surface area contributed by atoms with Gasteiger partial charge in [-0.15, -0.1) is 10.2 Å². The second-order valence-corrected chi connectivity index (χ2v) is 6.08. The van der Waals surface area contributed by atoms with E-state index in [0.717, 1.165) is 27.9 Å². The van der Waals surface area contributed by atoms with Crippen molar-refractivity contribution in [2.75, 3.05) is 5.75 Å². The van der Waals surface area contributed by atoms with Crippen LogP contribution in [-0.2, 0) is 0 Å². The minimum atomic E-state index is 0.601. The number of hydrogen-bond donors (Lipinski definition) is 0. The summed E-state index contributed by atoms with van der Waals surface area (Å²) >= 11 is 1.62. The average molecular weight is 311 g/mol. The van der Waals surface area contributed by atoms with E-state index in [9.17, 15) is 0 Å². The molecule has 1 aliphatic rings. The van der Waals surface area contributed by atoms with Gasteiger partial charge in [0.2, 0.25) is 11.0 Å². The lowest BCUT2D eigenvalue weighted by molar-refractivity contribution is 0.399. The molecule has 0 atom stereocenters. The van der Waals surface area contributed by atoms with Crippen molar-refractivity contribution < 1.29 is 4.52 Å². The van der Waals surface area contributed by atoms with E-state index in [4.69, 9.17) is 9.62 Å². The molecule has 0 saturated carbocycles. The quantitative estimate of drug-likeness (QED) is 0.728. The molecule has 0 saturated heterocycles. The first-order chi connectivity index (χ1) is 10.7. The summed E-state index contributed by atoms with van der Waals surface area (Å²) in [6.07, 6.45) is 0. The van der Waals surface area contributed by atoms with Gasteiger partial charge in [-0.3, -0.25) is 0 Å². The highest BCUT2D eigenvalue weighted by Crippen LogP contribution is 2.28. The molecule has 2 aromatic heterocycles. The number of nitrogens with zero attached hydrogens (tertiary/aromatic N) is 5. The largest absolute Gasteiger partial charge is 0.361 e. The molecule has 0 bridgehead atoms. The SMILES string of the molecule is Cc1ccc(C2=Nn3c(nnc3-c3cc(C)on3)SC2)cc1. The van der Waals surface area contributed by atoms with Gasteiger partial charge >= 0.3 is 0 Å². The van der Waals surface area contributed by atoms with Crippen LogP contribution in [-0.4, -0.2) is 31.5 Å². The summed E-state index contributed by atoms with van der Waals surface area (Å²) in [6.45, 7) is 3.92. The highest BCUT2D eigenvalue weighted by molar-refractivity contribution is 7.99. The Hall–Kier alpha value is -2.41. The number of hydrogen-bond acceptors (Lipinski definition) is 6. The minimum absolute atomic E-state index is 0.601. The molecular weight excluding hydrogens is 298 g/mol. The lowest BCUT2D eigenvalue weighted by Crippen LogP contribution is -2.13. The Balaban J connectivity index is 1.78. The zero-order valence-corrected chi connectivity index (χ0v) is 13.0. The Morgan fingerprint density at radius 3 is 2.68 bits per heavy atom. The van der Waals surface area contributed by atoms with Crippen LogP contribution in [0.15, 0.2) is 45.1 Å². The van der Waals surface area contributed by atoms with Crippen LogP contribution < -0.4 is 0 Å². The lowest BCUT2D eigenvalue weighted by Gasteiger charge is -2.13. The van der Waals surface area contributed by atoms with Gasteiger partial charge in [0, 0.05) is 11.8 Å². The molecule has 0 aliphatic carbocycles. The summed E-state index contributed by atoms with van der Waals surface area (Å²) in [4.78, 5) is 0. The Kier molecular flexibility index (Phi) is 3.07. The molecule has 3 heterocycles. The van der Waals surface area contributed by atoms with Gasteiger partial charge < -0.3 is 4.52 Å². The topological polar surface area (TPSA) is 69.1 Å². The summed E-state index contributed by atoms with van der Waals surface area (Å²) in [5.41, 5.74) is 3.99. The van der Waals surface area contributed by atoms with Gasteiger partial charge in [-0.2, -0.15) is 9.78 Å². The van der Waals surface area contributed by atoms with Crippen LogP contribution in [0.3, 0.4) is 0 Å². The molecule has 0 spiro atoms. The molecule has 1 aromatic carbocycles. The molecule has 6 nitrogen and oxygen atoms in total. The molecule has 0 unspecified atom stereocenters. The Labute approximate surface area is 131 Å². The lowest BCUT2D eigenvalue weighted by atomic mass is 10.1. The van der Waals surface area contributed by atoms with Crippen molar-refractivity contribution in [2.24, 2.45) is 5.10 Å². The standard InChI is InChI=1S/C15H13N5OS/c1-9-3-5-11(6-4-9)13-8-22-15-17-16-14(20(15)18-13)12-7-10(2)21-19-12/h3-7H,8H2,1-2H3. The normalized spacial score (nSPS) is 13.8. The van der Waals surface area contributed by atoms with Crippen LogP contribution in [0.4, 0.5) is 0 Å². The van der Waals surface area contributed by atoms with Crippen molar-refractivity contribution in [1.29, 1.82) is 0 Å². The molecule has 0 N–H and O–H groups in total. The number of fused-ring (bicyclic) bond motifs is 1. The van der Waals surface area contributed by atoms with E-state index in [2.05, 4.69) is 46.5 Å². The molecule has 22 heavy (non-hydrogen) atoms. The second-order valence-electron chi connectivity index (χ2n) is 5.14. The van der Waals surface area contributed by atoms with Crippen molar-refractivity contribution in [1.82, 2.24) is 20.0 Å². The summed E-state index contributed by atoms with van der Waals surface area (Å²) in [5.74, 6) is 2.11. The maximum atomic E-state index is 5.12. The summed E-state index contributed by atoms with van der Waals surface area (Å²) in [6, 6.07) is 10.2. The molecule has 0 radical (unpaired) electrons. The van der Waals surface area contributed by atoms with Crippen molar-refractivity contribution in [3.05, 3.63) is 47.2 Å². The average Bonchev–Trinajstić information content (AvgIpc) is 3.13. The van der Waals surface area contributed by atoms with E-state index in [0.29, 0.717) is 11.5 Å².